The van der Waals surface area contributed by atoms with Crippen molar-refractivity contribution in [2.45, 2.75) is 40.2 Å². The lowest BCUT2D eigenvalue weighted by Gasteiger charge is -2.08. The fourth-order valence-corrected chi connectivity index (χ4v) is 1.89. The third-order valence-electron chi connectivity index (χ3n) is 2.98. The third-order valence-corrected chi connectivity index (χ3v) is 2.98. The molecule has 1 aromatic heterocycles. The normalized spacial score (nSPS) is 11.0. The standard InChI is InChI=1S/C14H25N3O2/c1-5-19-14(18)12-9-16-17(4)13(12)10-15-8-6-7-11(2)3/h9,11,15H,5-8,10H2,1-4H3. The number of nitrogens with zero attached hydrogens (tertiary/aromatic N) is 2. The van der Waals surface area contributed by atoms with Gasteiger partial charge in [-0.3, -0.25) is 4.68 Å². The molecule has 0 aliphatic carbocycles. The molecule has 1 N–H and O–H groups in total. The van der Waals surface area contributed by atoms with E-state index in [0.717, 1.165) is 24.6 Å². The Kier molecular flexibility index (Phi) is 6.56. The van der Waals surface area contributed by atoms with E-state index in [1.807, 2.05) is 7.05 Å². The number of carbonyl (C=O) groups is 1. The van der Waals surface area contributed by atoms with E-state index in [2.05, 4.69) is 24.3 Å². The van der Waals surface area contributed by atoms with E-state index in [-0.39, 0.29) is 5.97 Å². The van der Waals surface area contributed by atoms with Crippen molar-refractivity contribution in [3.63, 3.8) is 0 Å². The molecule has 0 aliphatic rings. The number of aromatic nitrogens is 2. The number of nitrogens with one attached hydrogen (secondary N) is 1. The fraction of sp³-hybridized carbons (Fsp3) is 0.714. The zero-order chi connectivity index (χ0) is 14.3. The minimum Gasteiger partial charge on any atom is -0.462 e. The van der Waals surface area contributed by atoms with Crippen LogP contribution in [0.4, 0.5) is 0 Å². The van der Waals surface area contributed by atoms with Crippen LogP contribution in [0.25, 0.3) is 0 Å². The summed E-state index contributed by atoms with van der Waals surface area (Å²) < 4.78 is 6.74. The minimum atomic E-state index is -0.297. The van der Waals surface area contributed by atoms with Gasteiger partial charge < -0.3 is 10.1 Å². The maximum Gasteiger partial charge on any atom is 0.341 e. The van der Waals surface area contributed by atoms with E-state index in [0.29, 0.717) is 18.7 Å². The van der Waals surface area contributed by atoms with Crippen LogP contribution < -0.4 is 5.32 Å². The molecule has 0 fully saturated rings. The number of carbonyl (C=O) groups excluding carboxylic acids is 1. The van der Waals surface area contributed by atoms with Gasteiger partial charge in [0.15, 0.2) is 0 Å². The molecule has 0 spiro atoms. The summed E-state index contributed by atoms with van der Waals surface area (Å²) in [5.41, 5.74) is 1.43. The number of ether oxygens (including phenoxy) is 1. The molecule has 0 radical (unpaired) electrons. The summed E-state index contributed by atoms with van der Waals surface area (Å²) in [5.74, 6) is 0.433. The Morgan fingerprint density at radius 3 is 2.89 bits per heavy atom. The summed E-state index contributed by atoms with van der Waals surface area (Å²) in [5, 5.41) is 7.48. The van der Waals surface area contributed by atoms with Gasteiger partial charge in [0.1, 0.15) is 5.56 Å². The van der Waals surface area contributed by atoms with Crippen molar-refractivity contribution in [2.24, 2.45) is 13.0 Å². The van der Waals surface area contributed by atoms with E-state index >= 15 is 0 Å². The highest BCUT2D eigenvalue weighted by Gasteiger charge is 2.16. The van der Waals surface area contributed by atoms with Gasteiger partial charge in [-0.15, -0.1) is 0 Å². The number of esters is 1. The van der Waals surface area contributed by atoms with Crippen LogP contribution in [-0.2, 0) is 18.3 Å². The highest BCUT2D eigenvalue weighted by Crippen LogP contribution is 2.09. The lowest BCUT2D eigenvalue weighted by molar-refractivity contribution is 0.0524. The van der Waals surface area contributed by atoms with E-state index in [4.69, 9.17) is 4.74 Å². The zero-order valence-corrected chi connectivity index (χ0v) is 12.4. The van der Waals surface area contributed by atoms with Gasteiger partial charge in [-0.05, 0) is 32.2 Å². The first-order valence-electron chi connectivity index (χ1n) is 6.95. The average Bonchev–Trinajstić information content (AvgIpc) is 2.70. The molecular formula is C14H25N3O2. The van der Waals surface area contributed by atoms with Crippen LogP contribution in [0.1, 0.15) is 49.7 Å². The molecule has 1 rings (SSSR count). The number of hydrogen-bond donors (Lipinski definition) is 1. The van der Waals surface area contributed by atoms with Crippen molar-refractivity contribution in [3.05, 3.63) is 17.5 Å². The molecule has 1 aromatic rings. The Balaban J connectivity index is 2.48. The predicted octanol–water partition coefficient (Wildman–Crippen LogP) is 2.12. The van der Waals surface area contributed by atoms with E-state index in [1.165, 1.54) is 6.42 Å². The summed E-state index contributed by atoms with van der Waals surface area (Å²) in [6, 6.07) is 0. The van der Waals surface area contributed by atoms with Crippen molar-refractivity contribution in [1.29, 1.82) is 0 Å². The van der Waals surface area contributed by atoms with Gasteiger partial charge in [-0.2, -0.15) is 5.10 Å². The van der Waals surface area contributed by atoms with Crippen molar-refractivity contribution >= 4 is 5.97 Å². The first-order chi connectivity index (χ1) is 9.06. The van der Waals surface area contributed by atoms with Crippen LogP contribution >= 0.6 is 0 Å². The smallest absolute Gasteiger partial charge is 0.341 e. The molecule has 0 aliphatic heterocycles. The Morgan fingerprint density at radius 1 is 1.53 bits per heavy atom. The quantitative estimate of drug-likeness (QED) is 0.579. The monoisotopic (exact) mass is 267 g/mol. The SMILES string of the molecule is CCOC(=O)c1cnn(C)c1CNCCCC(C)C. The summed E-state index contributed by atoms with van der Waals surface area (Å²) >= 11 is 0. The van der Waals surface area contributed by atoms with Crippen molar-refractivity contribution in [1.82, 2.24) is 15.1 Å². The minimum absolute atomic E-state index is 0.297. The second-order valence-electron chi connectivity index (χ2n) is 5.06. The third kappa shape index (κ3) is 5.03. The van der Waals surface area contributed by atoms with E-state index < -0.39 is 0 Å². The van der Waals surface area contributed by atoms with Gasteiger partial charge in [0.2, 0.25) is 0 Å². The first-order valence-corrected chi connectivity index (χ1v) is 6.95. The van der Waals surface area contributed by atoms with Crippen LogP contribution in [-0.4, -0.2) is 28.9 Å². The van der Waals surface area contributed by atoms with Crippen molar-refractivity contribution in [3.8, 4) is 0 Å². The predicted molar refractivity (Wildman–Crippen MR) is 74.9 cm³/mol. The molecule has 0 saturated heterocycles. The van der Waals surface area contributed by atoms with Gasteiger partial charge in [-0.25, -0.2) is 4.79 Å². The van der Waals surface area contributed by atoms with Gasteiger partial charge in [0.05, 0.1) is 18.5 Å². The van der Waals surface area contributed by atoms with Crippen LogP contribution in [0.15, 0.2) is 6.20 Å². The molecule has 108 valence electrons. The topological polar surface area (TPSA) is 56.1 Å². The molecule has 0 bridgehead atoms. The van der Waals surface area contributed by atoms with E-state index in [9.17, 15) is 4.79 Å². The van der Waals surface area contributed by atoms with Crippen LogP contribution in [0, 0.1) is 5.92 Å². The summed E-state index contributed by atoms with van der Waals surface area (Å²) in [6.45, 7) is 8.22. The Hall–Kier alpha value is -1.36. The van der Waals surface area contributed by atoms with Crippen LogP contribution in [0.3, 0.4) is 0 Å². The van der Waals surface area contributed by atoms with Gasteiger partial charge >= 0.3 is 5.97 Å². The molecule has 1 heterocycles. The average molecular weight is 267 g/mol. The molecule has 0 unspecified atom stereocenters. The molecule has 19 heavy (non-hydrogen) atoms. The summed E-state index contributed by atoms with van der Waals surface area (Å²) in [7, 11) is 1.84. The number of aryl methyl sites for hydroxylation is 1. The molecule has 0 amide bonds. The molecule has 5 nitrogen and oxygen atoms in total. The second kappa shape index (κ2) is 7.94. The lowest BCUT2D eigenvalue weighted by atomic mass is 10.1. The Bertz CT molecular complexity index is 399. The fourth-order valence-electron chi connectivity index (χ4n) is 1.89. The first kappa shape index (κ1) is 15.7. The Labute approximate surface area is 115 Å². The maximum absolute atomic E-state index is 11.8. The van der Waals surface area contributed by atoms with Crippen LogP contribution in [0.2, 0.25) is 0 Å². The number of rotatable bonds is 8. The summed E-state index contributed by atoms with van der Waals surface area (Å²) in [6.07, 6.45) is 3.93. The molecule has 0 saturated carbocycles. The zero-order valence-electron chi connectivity index (χ0n) is 12.4. The van der Waals surface area contributed by atoms with Gasteiger partial charge in [0, 0.05) is 13.6 Å². The molecule has 5 heteroatoms. The Morgan fingerprint density at radius 2 is 2.26 bits per heavy atom. The summed E-state index contributed by atoms with van der Waals surface area (Å²) in [4.78, 5) is 11.8. The van der Waals surface area contributed by atoms with Gasteiger partial charge in [0.25, 0.3) is 0 Å². The van der Waals surface area contributed by atoms with Crippen molar-refractivity contribution < 1.29 is 9.53 Å². The highest BCUT2D eigenvalue weighted by atomic mass is 16.5. The largest absolute Gasteiger partial charge is 0.462 e. The number of hydrogen-bond acceptors (Lipinski definition) is 4. The van der Waals surface area contributed by atoms with Crippen molar-refractivity contribution in [2.75, 3.05) is 13.2 Å². The second-order valence-corrected chi connectivity index (χ2v) is 5.06. The highest BCUT2D eigenvalue weighted by molar-refractivity contribution is 5.90. The maximum atomic E-state index is 11.8. The molecule has 0 aromatic carbocycles. The lowest BCUT2D eigenvalue weighted by Crippen LogP contribution is -2.20. The van der Waals surface area contributed by atoms with Crippen LogP contribution in [0.5, 0.6) is 0 Å². The molecular weight excluding hydrogens is 242 g/mol. The van der Waals surface area contributed by atoms with E-state index in [1.54, 1.807) is 17.8 Å². The molecule has 0 atom stereocenters. The van der Waals surface area contributed by atoms with Gasteiger partial charge in [-0.1, -0.05) is 13.8 Å².